The first kappa shape index (κ1) is 17.9. The first-order valence-electron chi connectivity index (χ1n) is 7.43. The summed E-state index contributed by atoms with van der Waals surface area (Å²) in [5.74, 6) is 0.557. The van der Waals surface area contributed by atoms with Gasteiger partial charge in [-0.25, -0.2) is 4.98 Å². The van der Waals surface area contributed by atoms with Gasteiger partial charge in [0.15, 0.2) is 5.16 Å². The molecule has 0 aliphatic carbocycles. The van der Waals surface area contributed by atoms with E-state index in [1.165, 1.54) is 11.8 Å². The Labute approximate surface area is 159 Å². The summed E-state index contributed by atoms with van der Waals surface area (Å²) in [4.78, 5) is 20.1. The Balaban J connectivity index is 1.71. The van der Waals surface area contributed by atoms with Crippen molar-refractivity contribution in [2.75, 3.05) is 12.4 Å². The molecule has 1 aromatic heterocycles. The molecule has 130 valence electrons. The topological polar surface area (TPSA) is 67.0 Å². The standard InChI is InChI=1S/C17H15Cl2N3O2S/c1-9(16(23)20-13-5-3-4-11(18)15(13)19)25-17-21-12-7-6-10(24-2)8-14(12)22-17/h3-9H,1-2H3,(H,20,23)(H,21,22)/t9-/m0/s1. The van der Waals surface area contributed by atoms with Gasteiger partial charge in [-0.05, 0) is 31.2 Å². The minimum absolute atomic E-state index is 0.188. The lowest BCUT2D eigenvalue weighted by Crippen LogP contribution is -2.22. The van der Waals surface area contributed by atoms with Crippen molar-refractivity contribution in [1.29, 1.82) is 0 Å². The number of nitrogens with one attached hydrogen (secondary N) is 2. The lowest BCUT2D eigenvalue weighted by Gasteiger charge is -2.12. The number of ether oxygens (including phenoxy) is 1. The van der Waals surface area contributed by atoms with Gasteiger partial charge in [-0.1, -0.05) is 41.0 Å². The van der Waals surface area contributed by atoms with Crippen LogP contribution in [-0.4, -0.2) is 28.2 Å². The second kappa shape index (κ2) is 7.56. The number of rotatable bonds is 5. The van der Waals surface area contributed by atoms with Gasteiger partial charge in [0, 0.05) is 6.07 Å². The number of amides is 1. The second-order valence-corrected chi connectivity index (χ2v) is 7.39. The Kier molecular flexibility index (Phi) is 5.42. The highest BCUT2D eigenvalue weighted by atomic mass is 35.5. The molecule has 0 bridgehead atoms. The van der Waals surface area contributed by atoms with Crippen molar-refractivity contribution in [3.63, 3.8) is 0 Å². The molecule has 0 aliphatic rings. The number of methoxy groups -OCH3 is 1. The highest BCUT2D eigenvalue weighted by molar-refractivity contribution is 8.00. The number of aromatic nitrogens is 2. The fourth-order valence-electron chi connectivity index (χ4n) is 2.20. The molecule has 3 aromatic rings. The summed E-state index contributed by atoms with van der Waals surface area (Å²) in [6, 6.07) is 10.7. The van der Waals surface area contributed by atoms with Crippen molar-refractivity contribution < 1.29 is 9.53 Å². The number of fused-ring (bicyclic) bond motifs is 1. The number of hydrogen-bond acceptors (Lipinski definition) is 4. The van der Waals surface area contributed by atoms with Crippen LogP contribution in [0, 0.1) is 0 Å². The third kappa shape index (κ3) is 4.03. The average molecular weight is 396 g/mol. The number of nitrogens with zero attached hydrogens (tertiary/aromatic N) is 1. The zero-order valence-electron chi connectivity index (χ0n) is 13.5. The zero-order chi connectivity index (χ0) is 18.0. The van der Waals surface area contributed by atoms with Crippen LogP contribution in [0.2, 0.25) is 10.0 Å². The van der Waals surface area contributed by atoms with Gasteiger partial charge in [0.2, 0.25) is 5.91 Å². The van der Waals surface area contributed by atoms with Crippen LogP contribution in [-0.2, 0) is 4.79 Å². The number of benzene rings is 2. The van der Waals surface area contributed by atoms with E-state index in [2.05, 4.69) is 15.3 Å². The van der Waals surface area contributed by atoms with Crippen LogP contribution in [0.15, 0.2) is 41.6 Å². The number of aromatic amines is 1. The van der Waals surface area contributed by atoms with Crippen molar-refractivity contribution in [3.8, 4) is 5.75 Å². The van der Waals surface area contributed by atoms with E-state index < -0.39 is 0 Å². The Bertz CT molecular complexity index is 929. The maximum atomic E-state index is 12.4. The van der Waals surface area contributed by atoms with Crippen LogP contribution in [0.1, 0.15) is 6.92 Å². The number of H-pyrrole nitrogens is 1. The summed E-state index contributed by atoms with van der Waals surface area (Å²) in [6.45, 7) is 1.80. The van der Waals surface area contributed by atoms with E-state index in [-0.39, 0.29) is 11.2 Å². The van der Waals surface area contributed by atoms with E-state index in [1.54, 1.807) is 32.2 Å². The highest BCUT2D eigenvalue weighted by Crippen LogP contribution is 2.31. The predicted molar refractivity (Wildman–Crippen MR) is 103 cm³/mol. The molecule has 5 nitrogen and oxygen atoms in total. The van der Waals surface area contributed by atoms with E-state index in [9.17, 15) is 4.79 Å². The third-order valence-corrected chi connectivity index (χ3v) is 5.34. The molecular weight excluding hydrogens is 381 g/mol. The predicted octanol–water partition coefficient (Wildman–Crippen LogP) is 5.00. The summed E-state index contributed by atoms with van der Waals surface area (Å²) in [6.07, 6.45) is 0. The number of imidazole rings is 1. The molecule has 0 saturated carbocycles. The monoisotopic (exact) mass is 395 g/mol. The molecule has 0 unspecified atom stereocenters. The largest absolute Gasteiger partial charge is 0.497 e. The number of anilines is 1. The van der Waals surface area contributed by atoms with Crippen LogP contribution in [0.25, 0.3) is 11.0 Å². The summed E-state index contributed by atoms with van der Waals surface area (Å²) in [5, 5.41) is 3.78. The number of thioether (sulfide) groups is 1. The van der Waals surface area contributed by atoms with Gasteiger partial charge >= 0.3 is 0 Å². The maximum absolute atomic E-state index is 12.4. The average Bonchev–Trinajstić information content (AvgIpc) is 2.99. The molecule has 0 saturated heterocycles. The van der Waals surface area contributed by atoms with Crippen LogP contribution >= 0.6 is 35.0 Å². The van der Waals surface area contributed by atoms with Crippen molar-refractivity contribution in [2.24, 2.45) is 0 Å². The second-order valence-electron chi connectivity index (χ2n) is 5.28. The van der Waals surface area contributed by atoms with Crippen molar-refractivity contribution in [2.45, 2.75) is 17.3 Å². The minimum Gasteiger partial charge on any atom is -0.497 e. The Morgan fingerprint density at radius 3 is 2.88 bits per heavy atom. The lowest BCUT2D eigenvalue weighted by molar-refractivity contribution is -0.115. The molecule has 8 heteroatoms. The molecule has 0 aliphatic heterocycles. The highest BCUT2D eigenvalue weighted by Gasteiger charge is 2.18. The summed E-state index contributed by atoms with van der Waals surface area (Å²) in [7, 11) is 1.61. The third-order valence-electron chi connectivity index (χ3n) is 3.53. The van der Waals surface area contributed by atoms with E-state index in [0.717, 1.165) is 16.8 Å². The molecule has 3 rings (SSSR count). The Morgan fingerprint density at radius 2 is 2.12 bits per heavy atom. The molecule has 0 fully saturated rings. The molecule has 0 spiro atoms. The molecule has 2 N–H and O–H groups in total. The van der Waals surface area contributed by atoms with Gasteiger partial charge in [0.1, 0.15) is 5.75 Å². The molecule has 0 radical (unpaired) electrons. The van der Waals surface area contributed by atoms with Crippen LogP contribution < -0.4 is 10.1 Å². The summed E-state index contributed by atoms with van der Waals surface area (Å²) in [5.41, 5.74) is 2.15. The van der Waals surface area contributed by atoms with Crippen molar-refractivity contribution in [1.82, 2.24) is 9.97 Å². The number of carbonyl (C=O) groups is 1. The van der Waals surface area contributed by atoms with E-state index in [1.807, 2.05) is 18.2 Å². The first-order valence-corrected chi connectivity index (χ1v) is 9.07. The van der Waals surface area contributed by atoms with Gasteiger partial charge in [-0.2, -0.15) is 0 Å². The number of carbonyl (C=O) groups excluding carboxylic acids is 1. The van der Waals surface area contributed by atoms with Crippen LogP contribution in [0.4, 0.5) is 5.69 Å². The van der Waals surface area contributed by atoms with Crippen LogP contribution in [0.5, 0.6) is 5.75 Å². The minimum atomic E-state index is -0.377. The molecule has 1 heterocycles. The van der Waals surface area contributed by atoms with Crippen molar-refractivity contribution in [3.05, 3.63) is 46.4 Å². The van der Waals surface area contributed by atoms with E-state index in [4.69, 9.17) is 27.9 Å². The first-order chi connectivity index (χ1) is 12.0. The number of halogens is 2. The van der Waals surface area contributed by atoms with Gasteiger partial charge in [-0.15, -0.1) is 0 Å². The van der Waals surface area contributed by atoms with Crippen molar-refractivity contribution >= 4 is 57.6 Å². The Hall–Kier alpha value is -1.89. The molecular formula is C17H15Cl2N3O2S. The van der Waals surface area contributed by atoms with Gasteiger partial charge in [0.05, 0.1) is 39.1 Å². The van der Waals surface area contributed by atoms with E-state index in [0.29, 0.717) is 20.9 Å². The smallest absolute Gasteiger partial charge is 0.237 e. The summed E-state index contributed by atoms with van der Waals surface area (Å²) < 4.78 is 5.20. The van der Waals surface area contributed by atoms with Gasteiger partial charge < -0.3 is 15.0 Å². The van der Waals surface area contributed by atoms with Crippen LogP contribution in [0.3, 0.4) is 0 Å². The fraction of sp³-hybridized carbons (Fsp3) is 0.176. The normalized spacial score (nSPS) is 12.2. The fourth-order valence-corrected chi connectivity index (χ4v) is 3.37. The molecule has 1 atom stereocenters. The maximum Gasteiger partial charge on any atom is 0.237 e. The quantitative estimate of drug-likeness (QED) is 0.596. The van der Waals surface area contributed by atoms with Gasteiger partial charge in [-0.3, -0.25) is 4.79 Å². The SMILES string of the molecule is COc1ccc2nc(S[C@@H](C)C(=O)Nc3cccc(Cl)c3Cl)[nH]c2c1. The Morgan fingerprint density at radius 1 is 1.32 bits per heavy atom. The van der Waals surface area contributed by atoms with Gasteiger partial charge in [0.25, 0.3) is 0 Å². The number of hydrogen-bond donors (Lipinski definition) is 2. The molecule has 2 aromatic carbocycles. The molecule has 25 heavy (non-hydrogen) atoms. The van der Waals surface area contributed by atoms with E-state index >= 15 is 0 Å². The molecule has 1 amide bonds. The zero-order valence-corrected chi connectivity index (χ0v) is 15.8. The lowest BCUT2D eigenvalue weighted by atomic mass is 10.3. The summed E-state index contributed by atoms with van der Waals surface area (Å²) >= 11 is 13.4.